The van der Waals surface area contributed by atoms with Crippen molar-refractivity contribution >= 4 is 22.8 Å². The van der Waals surface area contributed by atoms with E-state index in [0.717, 1.165) is 17.6 Å². The van der Waals surface area contributed by atoms with Gasteiger partial charge in [-0.1, -0.05) is 12.5 Å². The third-order valence-electron chi connectivity index (χ3n) is 6.28. The molecular weight excluding hydrogens is 594 g/mol. The highest BCUT2D eigenvalue weighted by Gasteiger charge is 2.30. The average molecular weight is 630 g/mol. The van der Waals surface area contributed by atoms with E-state index in [1.54, 1.807) is 18.2 Å². The lowest BCUT2D eigenvalue weighted by Crippen LogP contribution is -2.40. The van der Waals surface area contributed by atoms with E-state index >= 15 is 0 Å². The lowest BCUT2D eigenvalue weighted by molar-refractivity contribution is -0.144. The van der Waals surface area contributed by atoms with E-state index in [1.807, 2.05) is 0 Å². The summed E-state index contributed by atoms with van der Waals surface area (Å²) in [5.74, 6) is 2.22. The number of hydrogen-bond donors (Lipinski definition) is 5. The number of fused-ring (bicyclic) bond motifs is 1. The van der Waals surface area contributed by atoms with Gasteiger partial charge in [0.2, 0.25) is 11.8 Å². The molecule has 43 heavy (non-hydrogen) atoms. The Balaban J connectivity index is 0.000000694. The summed E-state index contributed by atoms with van der Waals surface area (Å²) >= 11 is 0. The van der Waals surface area contributed by atoms with Crippen LogP contribution in [0.15, 0.2) is 30.1 Å². The highest BCUT2D eigenvalue weighted by molar-refractivity contribution is 5.92. The molecule has 1 fully saturated rings. The number of hydrazine groups is 1. The summed E-state index contributed by atoms with van der Waals surface area (Å²) in [5.41, 5.74) is 6.88. The van der Waals surface area contributed by atoms with E-state index in [4.69, 9.17) is 11.6 Å². The fourth-order valence-corrected chi connectivity index (χ4v) is 4.04. The molecule has 7 N–H and O–H groups in total. The van der Waals surface area contributed by atoms with Gasteiger partial charge in [0.1, 0.15) is 11.5 Å². The second-order valence-electron chi connectivity index (χ2n) is 9.99. The van der Waals surface area contributed by atoms with E-state index in [0.29, 0.717) is 35.3 Å². The van der Waals surface area contributed by atoms with Crippen molar-refractivity contribution in [2.24, 2.45) is 11.6 Å². The number of nitrogens with zero attached hydrogens (tertiary/aromatic N) is 2. The van der Waals surface area contributed by atoms with Gasteiger partial charge in [-0.25, -0.2) is 19.6 Å². The van der Waals surface area contributed by atoms with Gasteiger partial charge >= 0.3 is 12.4 Å². The number of H-pyrrole nitrogens is 1. The van der Waals surface area contributed by atoms with E-state index in [2.05, 4.69) is 20.6 Å². The molecule has 1 aromatic heterocycles. The summed E-state index contributed by atoms with van der Waals surface area (Å²) in [4.78, 5) is 31.1. The van der Waals surface area contributed by atoms with Gasteiger partial charge in [0.15, 0.2) is 0 Å². The molecule has 2 aromatic rings. The summed E-state index contributed by atoms with van der Waals surface area (Å²) in [6.07, 6.45) is -8.45. The van der Waals surface area contributed by atoms with Gasteiger partial charge in [-0.2, -0.15) is 26.3 Å². The number of aromatic amines is 1. The molecule has 17 heteroatoms. The monoisotopic (exact) mass is 629 g/mol. The van der Waals surface area contributed by atoms with Gasteiger partial charge in [0.05, 0.1) is 24.0 Å². The van der Waals surface area contributed by atoms with Gasteiger partial charge in [-0.3, -0.25) is 9.59 Å². The Labute approximate surface area is 242 Å². The van der Waals surface area contributed by atoms with Gasteiger partial charge < -0.3 is 26.4 Å². The minimum atomic E-state index is -4.41. The van der Waals surface area contributed by atoms with Crippen LogP contribution in [0.4, 0.5) is 35.1 Å². The highest BCUT2D eigenvalue weighted by Crippen LogP contribution is 2.32. The van der Waals surface area contributed by atoms with E-state index in [1.165, 1.54) is 0 Å². The Morgan fingerprint density at radius 2 is 1.65 bits per heavy atom. The lowest BCUT2D eigenvalue weighted by atomic mass is 9.97. The van der Waals surface area contributed by atoms with Crippen molar-refractivity contribution in [1.29, 1.82) is 0 Å². The second-order valence-corrected chi connectivity index (χ2v) is 9.99. The number of carbonyl (C=O) groups is 2. The van der Waals surface area contributed by atoms with Crippen molar-refractivity contribution in [3.63, 3.8) is 0 Å². The number of carbonyl (C=O) groups excluding carboxylic acids is 2. The number of nitrogens with one attached hydrogen (secondary N) is 3. The zero-order valence-corrected chi connectivity index (χ0v) is 23.2. The van der Waals surface area contributed by atoms with Crippen LogP contribution >= 0.6 is 0 Å². The topological polar surface area (TPSA) is 142 Å². The highest BCUT2D eigenvalue weighted by atomic mass is 19.4. The number of alkyl halides is 8. The SMILES string of the molecule is FC1(F)CCCCC1.N/C=C(/C(=O)NCc1nc2ccc(CNC(=O)CCC(F)(F)F)cc2[nH]1)N(N)CCCC(F)(F)F. The van der Waals surface area contributed by atoms with Gasteiger partial charge in [0, 0.05) is 45.0 Å². The maximum atomic E-state index is 12.3. The van der Waals surface area contributed by atoms with Crippen LogP contribution in [-0.4, -0.2) is 51.6 Å². The number of halogens is 8. The number of amides is 2. The first kappa shape index (κ1) is 35.6. The zero-order chi connectivity index (χ0) is 32.3. The first-order chi connectivity index (χ1) is 20.0. The van der Waals surface area contributed by atoms with Gasteiger partial charge in [-0.05, 0) is 37.0 Å². The van der Waals surface area contributed by atoms with Crippen LogP contribution in [-0.2, 0) is 22.7 Å². The molecule has 0 saturated heterocycles. The largest absolute Gasteiger partial charge is 0.403 e. The van der Waals surface area contributed by atoms with Crippen LogP contribution in [0.3, 0.4) is 0 Å². The van der Waals surface area contributed by atoms with E-state index < -0.39 is 49.4 Å². The second kappa shape index (κ2) is 15.7. The lowest BCUT2D eigenvalue weighted by Gasteiger charge is -2.21. The Bertz CT molecular complexity index is 1220. The molecule has 3 rings (SSSR count). The molecule has 1 saturated carbocycles. The molecule has 9 nitrogen and oxygen atoms in total. The summed E-state index contributed by atoms with van der Waals surface area (Å²) in [7, 11) is 0. The van der Waals surface area contributed by atoms with Crippen LogP contribution < -0.4 is 22.2 Å². The normalized spacial score (nSPS) is 15.4. The quantitative estimate of drug-likeness (QED) is 0.102. The molecule has 0 bridgehead atoms. The van der Waals surface area contributed by atoms with Crippen LogP contribution in [0.2, 0.25) is 0 Å². The van der Waals surface area contributed by atoms with Crippen molar-refractivity contribution in [3.05, 3.63) is 41.5 Å². The summed E-state index contributed by atoms with van der Waals surface area (Å²) < 4.78 is 97.8. The number of nitrogens with two attached hydrogens (primary N) is 2. The first-order valence-electron chi connectivity index (χ1n) is 13.5. The summed E-state index contributed by atoms with van der Waals surface area (Å²) in [6.45, 7) is -0.302. The maximum Gasteiger partial charge on any atom is 0.389 e. The Morgan fingerprint density at radius 3 is 2.21 bits per heavy atom. The minimum Gasteiger partial charge on any atom is -0.403 e. The Morgan fingerprint density at radius 1 is 1.00 bits per heavy atom. The number of rotatable bonds is 11. The number of hydrogen-bond acceptors (Lipinski definition) is 6. The fraction of sp³-hybridized carbons (Fsp3) is 0.577. The molecule has 1 heterocycles. The molecule has 1 aromatic carbocycles. The maximum absolute atomic E-state index is 12.3. The van der Waals surface area contributed by atoms with Crippen molar-refractivity contribution in [2.75, 3.05) is 6.54 Å². The molecule has 1 aliphatic rings. The molecule has 0 atom stereocenters. The summed E-state index contributed by atoms with van der Waals surface area (Å²) in [5, 5.41) is 5.74. The van der Waals surface area contributed by atoms with Crippen molar-refractivity contribution in [3.8, 4) is 0 Å². The van der Waals surface area contributed by atoms with Gasteiger partial charge in [-0.15, -0.1) is 0 Å². The number of imidazole rings is 1. The average Bonchev–Trinajstić information content (AvgIpc) is 3.31. The van der Waals surface area contributed by atoms with Crippen LogP contribution in [0, 0.1) is 0 Å². The van der Waals surface area contributed by atoms with Crippen LogP contribution in [0.25, 0.3) is 11.0 Å². The van der Waals surface area contributed by atoms with Crippen LogP contribution in [0.5, 0.6) is 0 Å². The predicted octanol–water partition coefficient (Wildman–Crippen LogP) is 5.04. The fourth-order valence-electron chi connectivity index (χ4n) is 4.04. The molecule has 0 aliphatic heterocycles. The molecular formula is C26H35F8N7O2. The number of aromatic nitrogens is 2. The van der Waals surface area contributed by atoms with E-state index in [-0.39, 0.29) is 44.6 Å². The predicted molar refractivity (Wildman–Crippen MR) is 142 cm³/mol. The molecule has 0 radical (unpaired) electrons. The van der Waals surface area contributed by atoms with Crippen molar-refractivity contribution < 1.29 is 44.7 Å². The summed E-state index contributed by atoms with van der Waals surface area (Å²) in [6, 6.07) is 4.91. The van der Waals surface area contributed by atoms with Crippen LogP contribution in [0.1, 0.15) is 69.2 Å². The third kappa shape index (κ3) is 13.9. The molecule has 2 amide bonds. The molecule has 0 spiro atoms. The van der Waals surface area contributed by atoms with Gasteiger partial charge in [0.25, 0.3) is 5.91 Å². The molecule has 1 aliphatic carbocycles. The van der Waals surface area contributed by atoms with E-state index in [9.17, 15) is 44.7 Å². The first-order valence-corrected chi connectivity index (χ1v) is 13.5. The Hall–Kier alpha value is -3.63. The zero-order valence-electron chi connectivity index (χ0n) is 23.2. The Kier molecular flexibility index (Phi) is 13.0. The number of benzene rings is 1. The van der Waals surface area contributed by atoms with Crippen molar-refractivity contribution in [2.45, 2.75) is 89.2 Å². The smallest absolute Gasteiger partial charge is 0.389 e. The molecule has 0 unspecified atom stereocenters. The third-order valence-corrected chi connectivity index (χ3v) is 6.28. The molecule has 242 valence electrons. The minimum absolute atomic E-state index is 0.0169. The standard InChI is InChI=1S/C20H25F6N7O2.C6H10F2/c21-19(22,23)5-1-7-33(28)15(9-27)18(35)30-11-16-31-13-3-2-12(8-14(13)32-16)10-29-17(34)4-6-20(24,25)26;7-6(8)4-2-1-3-5-6/h2-3,8-9H,1,4-7,10-11,27-28H2,(H,29,34)(H,30,35)(H,31,32);1-5H2/b15-9-;. The van der Waals surface area contributed by atoms with Crippen molar-refractivity contribution in [1.82, 2.24) is 25.6 Å².